The van der Waals surface area contributed by atoms with Crippen molar-refractivity contribution in [2.24, 2.45) is 0 Å². The zero-order valence-electron chi connectivity index (χ0n) is 18.2. The van der Waals surface area contributed by atoms with Gasteiger partial charge in [0.05, 0.1) is 18.5 Å². The van der Waals surface area contributed by atoms with Crippen LogP contribution in [0.2, 0.25) is 0 Å². The molecule has 2 heterocycles. The highest BCUT2D eigenvalue weighted by Crippen LogP contribution is 2.87. The van der Waals surface area contributed by atoms with Crippen LogP contribution in [-0.4, -0.2) is 0 Å². The van der Waals surface area contributed by atoms with Gasteiger partial charge in [0.1, 0.15) is 0 Å². The average Bonchev–Trinajstić information content (AvgIpc) is 2.79. The van der Waals surface area contributed by atoms with Gasteiger partial charge in [0.2, 0.25) is 0 Å². The molecule has 35 heavy (non-hydrogen) atoms. The fourth-order valence-corrected chi connectivity index (χ4v) is 13.6. The Kier molecular flexibility index (Phi) is 7.87. The lowest BCUT2D eigenvalue weighted by molar-refractivity contribution is 0.244. The molecular weight excluding hydrogens is 551 g/mol. The van der Waals surface area contributed by atoms with Crippen molar-refractivity contribution in [2.45, 2.75) is 18.5 Å². The molecule has 0 N–H and O–H groups in total. The first kappa shape index (κ1) is 25.6. The van der Waals surface area contributed by atoms with Gasteiger partial charge in [-0.15, -0.1) is 0 Å². The van der Waals surface area contributed by atoms with Crippen LogP contribution >= 0.6 is 40.0 Å². The first-order chi connectivity index (χ1) is 16.8. The van der Waals surface area contributed by atoms with E-state index in [1.54, 1.807) is 48.5 Å². The number of hydrogen-bond acceptors (Lipinski definition) is 9. The van der Waals surface area contributed by atoms with E-state index in [2.05, 4.69) is 0 Å². The third kappa shape index (κ3) is 6.84. The molecule has 2 aliphatic heterocycles. The van der Waals surface area contributed by atoms with E-state index in [9.17, 15) is 13.7 Å². The van der Waals surface area contributed by atoms with Gasteiger partial charge in [-0.2, -0.15) is 0 Å². The largest absolute Gasteiger partial charge is 0.355 e. The van der Waals surface area contributed by atoms with E-state index < -0.39 is 40.0 Å². The Bertz CT molecular complexity index is 1190. The standard InChI is InChI=1S/C21H21O9P5/c22-33(16-19-10-4-1-5-11-19)25-31(26-33)29-35(24,18-21-14-8-3-9-15-21)30-32-27-34(23,28-32)17-20-12-6-2-7-13-20/h1-15H,16-18H2. The van der Waals surface area contributed by atoms with Gasteiger partial charge in [0, 0.05) is 0 Å². The molecule has 3 aromatic rings. The predicted octanol–water partition coefficient (Wildman–Crippen LogP) is 8.75. The summed E-state index contributed by atoms with van der Waals surface area (Å²) in [5, 5.41) is 0. The second-order valence-electron chi connectivity index (χ2n) is 7.70. The lowest BCUT2D eigenvalue weighted by Gasteiger charge is -2.37. The molecule has 2 saturated heterocycles. The summed E-state index contributed by atoms with van der Waals surface area (Å²) in [7, 11) is -15.1. The van der Waals surface area contributed by atoms with Crippen molar-refractivity contribution in [1.82, 2.24) is 0 Å². The molecule has 5 rings (SSSR count). The highest BCUT2D eigenvalue weighted by molar-refractivity contribution is 7.80. The fourth-order valence-electron chi connectivity index (χ4n) is 3.29. The average molecular weight is 572 g/mol. The number of hydrogen-bond donors (Lipinski definition) is 0. The molecule has 2 aliphatic rings. The minimum atomic E-state index is -3.95. The Hall–Kier alpha value is -1.03. The normalized spacial score (nSPS) is 29.5. The van der Waals surface area contributed by atoms with Gasteiger partial charge in [0.15, 0.2) is 0 Å². The van der Waals surface area contributed by atoms with Gasteiger partial charge in [-0.1, -0.05) is 91.0 Å². The van der Waals surface area contributed by atoms with Crippen LogP contribution in [-0.2, 0) is 58.0 Å². The van der Waals surface area contributed by atoms with E-state index in [0.29, 0.717) is 5.56 Å². The van der Waals surface area contributed by atoms with Gasteiger partial charge in [-0.05, 0) is 16.7 Å². The van der Waals surface area contributed by atoms with Gasteiger partial charge in [0.25, 0.3) is 0 Å². The molecule has 0 unspecified atom stereocenters. The third-order valence-corrected chi connectivity index (χ3v) is 16.2. The van der Waals surface area contributed by atoms with Crippen molar-refractivity contribution in [3.63, 3.8) is 0 Å². The lowest BCUT2D eigenvalue weighted by atomic mass is 10.2. The molecule has 0 spiro atoms. The Balaban J connectivity index is 1.21. The maximum atomic E-state index is 13.6. The van der Waals surface area contributed by atoms with Crippen LogP contribution < -0.4 is 0 Å². The molecule has 14 heteroatoms. The van der Waals surface area contributed by atoms with Crippen LogP contribution in [0.1, 0.15) is 16.7 Å². The van der Waals surface area contributed by atoms with Gasteiger partial charge in [-0.3, -0.25) is 13.7 Å². The molecule has 0 aromatic heterocycles. The van der Waals surface area contributed by atoms with Crippen molar-refractivity contribution in [3.05, 3.63) is 108 Å². The van der Waals surface area contributed by atoms with Crippen molar-refractivity contribution >= 4 is 40.0 Å². The highest BCUT2D eigenvalue weighted by atomic mass is 31.3. The van der Waals surface area contributed by atoms with E-state index >= 15 is 0 Å². The second-order valence-corrected chi connectivity index (χ2v) is 17.1. The van der Waals surface area contributed by atoms with Crippen LogP contribution in [0.5, 0.6) is 0 Å². The maximum absolute atomic E-state index is 13.6. The van der Waals surface area contributed by atoms with Crippen LogP contribution in [0.25, 0.3) is 0 Å². The topological polar surface area (TPSA) is 107 Å². The molecule has 0 radical (unpaired) electrons. The second kappa shape index (κ2) is 10.8. The van der Waals surface area contributed by atoms with Gasteiger partial charge < -0.3 is 0 Å². The van der Waals surface area contributed by atoms with Crippen molar-refractivity contribution in [2.75, 3.05) is 0 Å². The quantitative estimate of drug-likeness (QED) is 0.220. The molecule has 184 valence electrons. The molecule has 2 fully saturated rings. The van der Waals surface area contributed by atoms with Crippen LogP contribution in [0.15, 0.2) is 91.0 Å². The Morgan fingerprint density at radius 1 is 0.600 bits per heavy atom. The minimum Gasteiger partial charge on any atom is -0.259 e. The fraction of sp³-hybridized carbons (Fsp3) is 0.143. The summed E-state index contributed by atoms with van der Waals surface area (Å²) in [6, 6.07) is 27.1. The lowest BCUT2D eigenvalue weighted by Crippen LogP contribution is -2.09. The summed E-state index contributed by atoms with van der Waals surface area (Å²) < 4.78 is 71.8. The monoisotopic (exact) mass is 572 g/mol. The van der Waals surface area contributed by atoms with Crippen LogP contribution in [0, 0.1) is 0 Å². The van der Waals surface area contributed by atoms with Crippen molar-refractivity contribution in [1.29, 1.82) is 0 Å². The molecule has 0 bridgehead atoms. The maximum Gasteiger partial charge on any atom is 0.355 e. The van der Waals surface area contributed by atoms with E-state index in [1.165, 1.54) is 0 Å². The third-order valence-electron chi connectivity index (χ3n) is 4.80. The van der Waals surface area contributed by atoms with E-state index in [1.807, 2.05) is 42.5 Å². The SMILES string of the molecule is O=P1(Cc2ccccc2)OP(OP(=O)(Cc2ccccc2)OP2OP(=O)(Cc3ccccc3)O2)O1. The van der Waals surface area contributed by atoms with E-state index in [0.717, 1.165) is 11.1 Å². The van der Waals surface area contributed by atoms with E-state index in [-0.39, 0.29) is 18.5 Å². The molecule has 0 saturated carbocycles. The van der Waals surface area contributed by atoms with Gasteiger partial charge >= 0.3 is 40.0 Å². The van der Waals surface area contributed by atoms with E-state index in [4.69, 9.17) is 25.9 Å². The highest BCUT2D eigenvalue weighted by Gasteiger charge is 2.53. The van der Waals surface area contributed by atoms with Crippen LogP contribution in [0.3, 0.4) is 0 Å². The smallest absolute Gasteiger partial charge is 0.259 e. The van der Waals surface area contributed by atoms with Crippen molar-refractivity contribution in [3.8, 4) is 0 Å². The summed E-state index contributed by atoms with van der Waals surface area (Å²) in [6.45, 7) is 0. The first-order valence-electron chi connectivity index (χ1n) is 10.5. The van der Waals surface area contributed by atoms with Gasteiger partial charge in [-0.25, -0.2) is 25.9 Å². The summed E-state index contributed by atoms with van der Waals surface area (Å²) in [5.41, 5.74) is 2.23. The molecule has 0 amide bonds. The summed E-state index contributed by atoms with van der Waals surface area (Å²) >= 11 is 0. The molecule has 0 atom stereocenters. The summed E-state index contributed by atoms with van der Waals surface area (Å²) in [4.78, 5) is 0. The van der Waals surface area contributed by atoms with Crippen molar-refractivity contribution < 1.29 is 39.6 Å². The molecule has 0 aliphatic carbocycles. The minimum absolute atomic E-state index is 0.0709. The Labute approximate surface area is 205 Å². The molecule has 3 aromatic carbocycles. The van der Waals surface area contributed by atoms with Crippen LogP contribution in [0.4, 0.5) is 0 Å². The Morgan fingerprint density at radius 3 is 1.31 bits per heavy atom. The predicted molar refractivity (Wildman–Crippen MR) is 134 cm³/mol. The number of rotatable bonds is 10. The zero-order valence-corrected chi connectivity index (χ0v) is 22.7. The molecular formula is C21H21O9P5. The summed E-state index contributed by atoms with van der Waals surface area (Å²) in [5.74, 6) is 0. The summed E-state index contributed by atoms with van der Waals surface area (Å²) in [6.07, 6.45) is 0.0138. The zero-order chi connectivity index (χ0) is 24.4. The first-order valence-corrected chi connectivity index (χ1v) is 17.9. The molecule has 9 nitrogen and oxygen atoms in total. The Morgan fingerprint density at radius 2 is 0.943 bits per heavy atom. The number of benzene rings is 3.